The number of morpholine rings is 1. The van der Waals surface area contributed by atoms with Crippen LogP contribution in [0.2, 0.25) is 0 Å². The Morgan fingerprint density at radius 3 is 2.42 bits per heavy atom. The minimum atomic E-state index is -0.835. The van der Waals surface area contributed by atoms with Gasteiger partial charge in [0.2, 0.25) is 5.91 Å². The van der Waals surface area contributed by atoms with Crippen molar-refractivity contribution < 1.29 is 19.4 Å². The smallest absolute Gasteiger partial charge is 0.308 e. The quantitative estimate of drug-likeness (QED) is 0.886. The molecule has 3 rings (SSSR count). The number of nitrogens with zero attached hydrogens (tertiary/aromatic N) is 2. The van der Waals surface area contributed by atoms with Crippen molar-refractivity contribution >= 4 is 11.9 Å². The number of carbonyl (C=O) groups is 2. The Labute approximate surface area is 154 Å². The van der Waals surface area contributed by atoms with Gasteiger partial charge in [-0.05, 0) is 31.9 Å². The molecule has 6 heteroatoms. The third-order valence-electron chi connectivity index (χ3n) is 5.84. The molecule has 1 amide bonds. The van der Waals surface area contributed by atoms with Crippen LogP contribution >= 0.6 is 0 Å². The predicted molar refractivity (Wildman–Crippen MR) is 98.1 cm³/mol. The molecule has 2 aliphatic heterocycles. The Kier molecular flexibility index (Phi) is 5.34. The van der Waals surface area contributed by atoms with Gasteiger partial charge in [0.1, 0.15) is 0 Å². The van der Waals surface area contributed by atoms with Gasteiger partial charge in [-0.3, -0.25) is 14.5 Å². The van der Waals surface area contributed by atoms with E-state index in [1.807, 2.05) is 45.0 Å². The second kappa shape index (κ2) is 7.37. The summed E-state index contributed by atoms with van der Waals surface area (Å²) in [6.45, 7) is 9.26. The van der Waals surface area contributed by atoms with Crippen LogP contribution in [0.1, 0.15) is 30.9 Å². The molecule has 6 nitrogen and oxygen atoms in total. The van der Waals surface area contributed by atoms with Gasteiger partial charge in [-0.2, -0.15) is 0 Å². The maximum Gasteiger partial charge on any atom is 0.308 e. The number of benzene rings is 1. The number of amides is 1. The van der Waals surface area contributed by atoms with Crippen molar-refractivity contribution in [2.45, 2.75) is 32.2 Å². The van der Waals surface area contributed by atoms with E-state index in [9.17, 15) is 14.7 Å². The van der Waals surface area contributed by atoms with Gasteiger partial charge in [-0.1, -0.05) is 24.3 Å². The van der Waals surface area contributed by atoms with Crippen LogP contribution in [-0.2, 0) is 14.3 Å². The van der Waals surface area contributed by atoms with E-state index in [2.05, 4.69) is 4.90 Å². The van der Waals surface area contributed by atoms with Crippen molar-refractivity contribution in [2.24, 2.45) is 5.92 Å². The van der Waals surface area contributed by atoms with Crippen LogP contribution in [0.25, 0.3) is 0 Å². The molecule has 0 saturated carbocycles. The van der Waals surface area contributed by atoms with Crippen LogP contribution in [0, 0.1) is 12.8 Å². The Balaban J connectivity index is 1.82. The lowest BCUT2D eigenvalue weighted by atomic mass is 9.86. The molecule has 2 saturated heterocycles. The third-order valence-corrected chi connectivity index (χ3v) is 5.84. The number of aryl methyl sites for hydroxylation is 1. The van der Waals surface area contributed by atoms with Gasteiger partial charge in [0.25, 0.3) is 0 Å². The monoisotopic (exact) mass is 360 g/mol. The highest BCUT2D eigenvalue weighted by molar-refractivity contribution is 5.87. The molecule has 2 heterocycles. The number of hydrogen-bond donors (Lipinski definition) is 1. The fraction of sp³-hybridized carbons (Fsp3) is 0.600. The number of aliphatic carboxylic acids is 1. The molecular formula is C20H28N2O4. The van der Waals surface area contributed by atoms with E-state index in [-0.39, 0.29) is 18.4 Å². The number of carboxylic acid groups (broad SMARTS) is 1. The standard InChI is InChI=1S/C20H28N2O4/c1-14-6-4-5-7-15(14)16-12-21(13-17(16)18(23)24)19(25)20(2,3)22-8-10-26-11-9-22/h4-7,16-17H,8-13H2,1-3H3,(H,23,24). The fourth-order valence-electron chi connectivity index (χ4n) is 4.18. The molecule has 0 aromatic heterocycles. The molecule has 1 aromatic rings. The SMILES string of the molecule is Cc1ccccc1C1CN(C(=O)C(C)(C)N2CCOCC2)CC1C(=O)O. The topological polar surface area (TPSA) is 70.1 Å². The lowest BCUT2D eigenvalue weighted by Crippen LogP contribution is -2.58. The number of hydrogen-bond acceptors (Lipinski definition) is 4. The van der Waals surface area contributed by atoms with E-state index in [1.54, 1.807) is 4.90 Å². The Morgan fingerprint density at radius 2 is 1.81 bits per heavy atom. The van der Waals surface area contributed by atoms with Crippen LogP contribution in [-0.4, -0.2) is 71.7 Å². The van der Waals surface area contributed by atoms with Crippen molar-refractivity contribution in [1.82, 2.24) is 9.80 Å². The summed E-state index contributed by atoms with van der Waals surface area (Å²) < 4.78 is 5.39. The Bertz CT molecular complexity index is 682. The molecule has 142 valence electrons. The minimum Gasteiger partial charge on any atom is -0.481 e. The maximum atomic E-state index is 13.2. The van der Waals surface area contributed by atoms with Gasteiger partial charge in [0.15, 0.2) is 0 Å². The summed E-state index contributed by atoms with van der Waals surface area (Å²) in [6, 6.07) is 7.87. The van der Waals surface area contributed by atoms with Crippen molar-refractivity contribution in [2.75, 3.05) is 39.4 Å². The van der Waals surface area contributed by atoms with Gasteiger partial charge in [-0.25, -0.2) is 0 Å². The van der Waals surface area contributed by atoms with E-state index in [1.165, 1.54) is 0 Å². The van der Waals surface area contributed by atoms with Crippen molar-refractivity contribution in [1.29, 1.82) is 0 Å². The van der Waals surface area contributed by atoms with E-state index in [4.69, 9.17) is 4.74 Å². The van der Waals surface area contributed by atoms with E-state index in [0.29, 0.717) is 19.8 Å². The van der Waals surface area contributed by atoms with E-state index < -0.39 is 17.4 Å². The van der Waals surface area contributed by atoms with Crippen LogP contribution in [0.5, 0.6) is 0 Å². The van der Waals surface area contributed by atoms with Crippen LogP contribution in [0.3, 0.4) is 0 Å². The Morgan fingerprint density at radius 1 is 1.15 bits per heavy atom. The molecule has 0 bridgehead atoms. The first-order valence-electron chi connectivity index (χ1n) is 9.23. The van der Waals surface area contributed by atoms with Crippen molar-refractivity contribution in [3.63, 3.8) is 0 Å². The number of ether oxygens (including phenoxy) is 1. The summed E-state index contributed by atoms with van der Waals surface area (Å²) in [5.74, 6) is -1.57. The van der Waals surface area contributed by atoms with E-state index >= 15 is 0 Å². The lowest BCUT2D eigenvalue weighted by Gasteiger charge is -2.41. The average molecular weight is 360 g/mol. The molecule has 2 unspecified atom stereocenters. The second-order valence-corrected chi connectivity index (χ2v) is 7.78. The number of carboxylic acids is 1. The first-order chi connectivity index (χ1) is 12.3. The average Bonchev–Trinajstić information content (AvgIpc) is 3.07. The van der Waals surface area contributed by atoms with Gasteiger partial charge < -0.3 is 14.7 Å². The molecule has 1 N–H and O–H groups in total. The molecule has 2 aliphatic rings. The predicted octanol–water partition coefficient (Wildman–Crippen LogP) is 1.73. The van der Waals surface area contributed by atoms with Crippen LogP contribution in [0.4, 0.5) is 0 Å². The molecule has 0 aliphatic carbocycles. The lowest BCUT2D eigenvalue weighted by molar-refractivity contribution is -0.145. The molecule has 0 radical (unpaired) electrons. The summed E-state index contributed by atoms with van der Waals surface area (Å²) in [6.07, 6.45) is 0. The zero-order chi connectivity index (χ0) is 18.9. The summed E-state index contributed by atoms with van der Waals surface area (Å²) in [5.41, 5.74) is 1.44. The number of likely N-dealkylation sites (tertiary alicyclic amines) is 1. The first kappa shape index (κ1) is 18.9. The van der Waals surface area contributed by atoms with Crippen LogP contribution in [0.15, 0.2) is 24.3 Å². The minimum absolute atomic E-state index is 0.00161. The molecule has 1 aromatic carbocycles. The largest absolute Gasteiger partial charge is 0.481 e. The highest BCUT2D eigenvalue weighted by Crippen LogP contribution is 2.36. The zero-order valence-electron chi connectivity index (χ0n) is 15.8. The summed E-state index contributed by atoms with van der Waals surface area (Å²) in [7, 11) is 0. The maximum absolute atomic E-state index is 13.2. The normalized spacial score (nSPS) is 24.7. The highest BCUT2D eigenvalue weighted by Gasteiger charge is 2.46. The Hall–Kier alpha value is -1.92. The highest BCUT2D eigenvalue weighted by atomic mass is 16.5. The summed E-state index contributed by atoms with van der Waals surface area (Å²) >= 11 is 0. The van der Waals surface area contributed by atoms with Gasteiger partial charge in [0.05, 0.1) is 24.7 Å². The van der Waals surface area contributed by atoms with Gasteiger partial charge in [0, 0.05) is 32.1 Å². The van der Waals surface area contributed by atoms with E-state index in [0.717, 1.165) is 24.2 Å². The molecule has 0 spiro atoms. The van der Waals surface area contributed by atoms with Crippen LogP contribution < -0.4 is 0 Å². The molecule has 26 heavy (non-hydrogen) atoms. The third kappa shape index (κ3) is 3.48. The van der Waals surface area contributed by atoms with Gasteiger partial charge >= 0.3 is 5.97 Å². The van der Waals surface area contributed by atoms with Crippen molar-refractivity contribution in [3.05, 3.63) is 35.4 Å². The molecular weight excluding hydrogens is 332 g/mol. The molecule has 2 atom stereocenters. The zero-order valence-corrected chi connectivity index (χ0v) is 15.8. The first-order valence-corrected chi connectivity index (χ1v) is 9.23. The summed E-state index contributed by atoms with van der Waals surface area (Å²) in [5, 5.41) is 9.72. The fourth-order valence-corrected chi connectivity index (χ4v) is 4.18. The van der Waals surface area contributed by atoms with Crippen molar-refractivity contribution in [3.8, 4) is 0 Å². The summed E-state index contributed by atoms with van der Waals surface area (Å²) in [4.78, 5) is 29.0. The van der Waals surface area contributed by atoms with Gasteiger partial charge in [-0.15, -0.1) is 0 Å². The number of carbonyl (C=O) groups excluding carboxylic acids is 1. The second-order valence-electron chi connectivity index (χ2n) is 7.78. The number of rotatable bonds is 4. The molecule has 2 fully saturated rings.